The fraction of sp³-hybridized carbons (Fsp3) is 0.810. The second-order valence-corrected chi connectivity index (χ2v) is 10.4. The molecule has 0 N–H and O–H groups in total. The Labute approximate surface area is 164 Å². The summed E-state index contributed by atoms with van der Waals surface area (Å²) in [6.07, 6.45) is 4.88. The van der Waals surface area contributed by atoms with Crippen LogP contribution in [0.2, 0.25) is 0 Å². The molecule has 0 amide bonds. The first-order valence-corrected chi connectivity index (χ1v) is 10.1. The molecule has 0 fully saturated rings. The summed E-state index contributed by atoms with van der Waals surface area (Å²) < 4.78 is 4.17. The second kappa shape index (κ2) is 7.36. The topological polar surface area (TPSA) is 61.4 Å². The maximum Gasteiger partial charge on any atom is 0.151 e. The number of rotatable bonds is 6. The molecule has 152 valence electrons. The van der Waals surface area contributed by atoms with Crippen molar-refractivity contribution in [2.45, 2.75) is 111 Å². The number of nitrogens with zero attached hydrogens (tertiary/aromatic N) is 6. The summed E-state index contributed by atoms with van der Waals surface area (Å²) >= 11 is 0. The summed E-state index contributed by atoms with van der Waals surface area (Å²) in [4.78, 5) is 4.96. The minimum Gasteiger partial charge on any atom is -0.246 e. The highest BCUT2D eigenvalue weighted by Gasteiger charge is 2.33. The first kappa shape index (κ1) is 21.6. The zero-order chi connectivity index (χ0) is 20.6. The highest BCUT2D eigenvalue weighted by atomic mass is 15.4. The van der Waals surface area contributed by atoms with E-state index in [4.69, 9.17) is 10.1 Å². The van der Waals surface area contributed by atoms with Crippen LogP contribution in [0.1, 0.15) is 105 Å². The number of aromatic nitrogens is 6. The van der Waals surface area contributed by atoms with Gasteiger partial charge in [-0.25, -0.2) is 14.3 Å². The molecule has 27 heavy (non-hydrogen) atoms. The van der Waals surface area contributed by atoms with Gasteiger partial charge in [0.05, 0.1) is 23.5 Å². The van der Waals surface area contributed by atoms with Gasteiger partial charge in [-0.1, -0.05) is 53.2 Å². The van der Waals surface area contributed by atoms with E-state index in [1.807, 2.05) is 6.20 Å². The van der Waals surface area contributed by atoms with E-state index in [-0.39, 0.29) is 16.4 Å². The molecule has 0 bridgehead atoms. The van der Waals surface area contributed by atoms with Crippen LogP contribution in [0.3, 0.4) is 0 Å². The summed E-state index contributed by atoms with van der Waals surface area (Å²) in [7, 11) is 0. The minimum atomic E-state index is -0.148. The molecule has 1 unspecified atom stereocenters. The fourth-order valence-electron chi connectivity index (χ4n) is 3.46. The van der Waals surface area contributed by atoms with E-state index in [9.17, 15) is 0 Å². The zero-order valence-electron chi connectivity index (χ0n) is 19.0. The van der Waals surface area contributed by atoms with Crippen molar-refractivity contribution < 1.29 is 0 Å². The molecule has 0 aliphatic rings. The van der Waals surface area contributed by atoms with Gasteiger partial charge in [0, 0.05) is 17.3 Å². The van der Waals surface area contributed by atoms with Gasteiger partial charge >= 0.3 is 0 Å². The van der Waals surface area contributed by atoms with E-state index in [0.717, 1.165) is 36.6 Å². The van der Waals surface area contributed by atoms with Crippen LogP contribution in [0.5, 0.6) is 0 Å². The van der Waals surface area contributed by atoms with Crippen molar-refractivity contribution in [2.75, 3.05) is 0 Å². The van der Waals surface area contributed by atoms with Gasteiger partial charge in [0.1, 0.15) is 5.82 Å². The van der Waals surface area contributed by atoms with E-state index in [0.29, 0.717) is 6.04 Å². The Hall–Kier alpha value is -1.72. The SMILES string of the molecule is CCCC(C)n1nncc1C(C)(C)Cc1nc(C(C)(C)C)n(C(C)(C)C)n1. The normalized spacial score (nSPS) is 14.6. The lowest BCUT2D eigenvalue weighted by molar-refractivity contribution is 0.316. The average molecular weight is 375 g/mol. The van der Waals surface area contributed by atoms with E-state index in [1.165, 1.54) is 0 Å². The van der Waals surface area contributed by atoms with Gasteiger partial charge in [0.2, 0.25) is 0 Å². The smallest absolute Gasteiger partial charge is 0.151 e. The Morgan fingerprint density at radius 1 is 1.04 bits per heavy atom. The summed E-state index contributed by atoms with van der Waals surface area (Å²) in [5.41, 5.74) is 0.844. The average Bonchev–Trinajstić information content (AvgIpc) is 3.12. The first-order valence-electron chi connectivity index (χ1n) is 10.1. The lowest BCUT2D eigenvalue weighted by atomic mass is 9.85. The minimum absolute atomic E-state index is 0.0539. The van der Waals surface area contributed by atoms with Gasteiger partial charge in [-0.05, 0) is 34.1 Å². The molecular weight excluding hydrogens is 336 g/mol. The number of hydrogen-bond donors (Lipinski definition) is 0. The third kappa shape index (κ3) is 4.77. The Bertz CT molecular complexity index is 723. The predicted octanol–water partition coefficient (Wildman–Crippen LogP) is 4.80. The van der Waals surface area contributed by atoms with Crippen molar-refractivity contribution >= 4 is 0 Å². The Morgan fingerprint density at radius 3 is 2.15 bits per heavy atom. The Kier molecular flexibility index (Phi) is 5.88. The quantitative estimate of drug-likeness (QED) is 0.728. The van der Waals surface area contributed by atoms with Crippen molar-refractivity contribution in [3.05, 3.63) is 23.5 Å². The molecule has 0 saturated heterocycles. The third-order valence-electron chi connectivity index (χ3n) is 4.95. The van der Waals surface area contributed by atoms with Crippen LogP contribution in [-0.4, -0.2) is 29.8 Å². The van der Waals surface area contributed by atoms with Crippen LogP contribution < -0.4 is 0 Å². The van der Waals surface area contributed by atoms with Crippen LogP contribution in [0.4, 0.5) is 0 Å². The van der Waals surface area contributed by atoms with Gasteiger partial charge in [0.15, 0.2) is 5.82 Å². The monoisotopic (exact) mass is 374 g/mol. The van der Waals surface area contributed by atoms with Gasteiger partial charge < -0.3 is 0 Å². The van der Waals surface area contributed by atoms with Gasteiger partial charge in [-0.2, -0.15) is 5.10 Å². The number of hydrogen-bond acceptors (Lipinski definition) is 4. The molecule has 2 aromatic heterocycles. The van der Waals surface area contributed by atoms with Crippen molar-refractivity contribution in [2.24, 2.45) is 0 Å². The molecular formula is C21H38N6. The third-order valence-corrected chi connectivity index (χ3v) is 4.95. The highest BCUT2D eigenvalue weighted by molar-refractivity contribution is 5.16. The fourth-order valence-corrected chi connectivity index (χ4v) is 3.46. The largest absolute Gasteiger partial charge is 0.246 e. The summed E-state index contributed by atoms with van der Waals surface area (Å²) in [6.45, 7) is 22.0. The van der Waals surface area contributed by atoms with Crippen LogP contribution in [0.25, 0.3) is 0 Å². The molecule has 0 aliphatic heterocycles. The molecule has 1 atom stereocenters. The standard InChI is InChI=1S/C21H38N6/c1-11-12-15(2)26-16(14-22-25-26)21(9,10)13-17-23-18(19(3,4)5)27(24-17)20(6,7)8/h14-15H,11-13H2,1-10H3. The summed E-state index contributed by atoms with van der Waals surface area (Å²) in [5.74, 6) is 1.92. The second-order valence-electron chi connectivity index (χ2n) is 10.4. The molecule has 0 spiro atoms. The lowest BCUT2D eigenvalue weighted by Crippen LogP contribution is -2.30. The first-order chi connectivity index (χ1) is 12.3. The Balaban J connectivity index is 2.39. The molecule has 0 aromatic carbocycles. The van der Waals surface area contributed by atoms with Gasteiger partial charge in [-0.15, -0.1) is 5.10 Å². The van der Waals surface area contributed by atoms with Gasteiger partial charge in [0.25, 0.3) is 0 Å². The Morgan fingerprint density at radius 2 is 1.67 bits per heavy atom. The lowest BCUT2D eigenvalue weighted by Gasteiger charge is -2.26. The van der Waals surface area contributed by atoms with Crippen molar-refractivity contribution in [3.8, 4) is 0 Å². The zero-order valence-corrected chi connectivity index (χ0v) is 19.0. The van der Waals surface area contributed by atoms with Crippen LogP contribution in [0, 0.1) is 0 Å². The molecule has 2 aromatic rings. The van der Waals surface area contributed by atoms with Crippen molar-refractivity contribution in [3.63, 3.8) is 0 Å². The molecule has 0 saturated carbocycles. The maximum atomic E-state index is 4.96. The summed E-state index contributed by atoms with van der Waals surface area (Å²) in [5, 5.41) is 13.5. The molecule has 2 rings (SSSR count). The van der Waals surface area contributed by atoms with Crippen molar-refractivity contribution in [1.82, 2.24) is 29.8 Å². The van der Waals surface area contributed by atoms with E-state index in [2.05, 4.69) is 88.9 Å². The molecule has 0 aliphatic carbocycles. The van der Waals surface area contributed by atoms with Crippen molar-refractivity contribution in [1.29, 1.82) is 0 Å². The molecule has 6 nitrogen and oxygen atoms in total. The molecule has 0 radical (unpaired) electrons. The van der Waals surface area contributed by atoms with Gasteiger partial charge in [-0.3, -0.25) is 0 Å². The van der Waals surface area contributed by atoms with E-state index in [1.54, 1.807) is 0 Å². The van der Waals surface area contributed by atoms with Crippen LogP contribution in [0.15, 0.2) is 6.20 Å². The predicted molar refractivity (Wildman–Crippen MR) is 110 cm³/mol. The van der Waals surface area contributed by atoms with E-state index < -0.39 is 0 Å². The highest BCUT2D eigenvalue weighted by Crippen LogP contribution is 2.31. The van der Waals surface area contributed by atoms with E-state index >= 15 is 0 Å². The van der Waals surface area contributed by atoms with Crippen LogP contribution >= 0.6 is 0 Å². The van der Waals surface area contributed by atoms with Crippen LogP contribution in [-0.2, 0) is 22.8 Å². The molecule has 2 heterocycles. The molecule has 6 heteroatoms. The maximum absolute atomic E-state index is 4.96. The summed E-state index contributed by atoms with van der Waals surface area (Å²) in [6, 6.07) is 0.344.